The number of nitrogens with two attached hydrogens (primary N) is 1. The molecule has 2 aliphatic rings. The van der Waals surface area contributed by atoms with Crippen LogP contribution < -0.4 is 27.0 Å². The number of nitrogen functional groups attached to an aromatic ring is 1. The first-order valence-electron chi connectivity index (χ1n) is 12.6. The highest BCUT2D eigenvalue weighted by Crippen LogP contribution is 2.30. The average Bonchev–Trinajstić information content (AvgIpc) is 3.69. The Morgan fingerprint density at radius 3 is 2.02 bits per heavy atom. The number of carbonyl (C=O) groups is 2. The number of pyridine rings is 2. The number of carbonyl (C=O) groups excluding carboxylic acids is 2. The van der Waals surface area contributed by atoms with E-state index < -0.39 is 11.6 Å². The van der Waals surface area contributed by atoms with Crippen LogP contribution in [0.15, 0.2) is 48.5 Å². The first-order valence-corrected chi connectivity index (χ1v) is 13.0. The van der Waals surface area contributed by atoms with E-state index >= 15 is 0 Å². The molecule has 0 atom stereocenters. The fraction of sp³-hybridized carbons (Fsp3) is 0.0714. The lowest BCUT2D eigenvalue weighted by Crippen LogP contribution is -2.12. The Hall–Kier alpha value is -5.81. The van der Waals surface area contributed by atoms with Gasteiger partial charge in [0.15, 0.2) is 28.9 Å². The Bertz CT molecular complexity index is 2010. The van der Waals surface area contributed by atoms with Gasteiger partial charge in [0.25, 0.3) is 11.8 Å². The molecule has 3 aromatic heterocycles. The minimum Gasteiger partial charge on any atom is -0.384 e. The van der Waals surface area contributed by atoms with Crippen LogP contribution >= 0.6 is 11.6 Å². The van der Waals surface area contributed by atoms with Crippen molar-refractivity contribution in [1.29, 1.82) is 5.26 Å². The number of halogens is 3. The Morgan fingerprint density at radius 1 is 0.884 bits per heavy atom. The van der Waals surface area contributed by atoms with E-state index in [1.807, 2.05) is 0 Å². The second-order valence-electron chi connectivity index (χ2n) is 9.37. The Balaban J connectivity index is 0.000000153. The number of nitrogens with zero attached hydrogens (tertiary/aromatic N) is 4. The van der Waals surface area contributed by atoms with Crippen LogP contribution in [0.5, 0.6) is 0 Å². The summed E-state index contributed by atoms with van der Waals surface area (Å²) in [6.07, 6.45) is 0. The van der Waals surface area contributed by atoms with Gasteiger partial charge in [0, 0.05) is 46.7 Å². The van der Waals surface area contributed by atoms with E-state index in [1.165, 1.54) is 6.07 Å². The van der Waals surface area contributed by atoms with E-state index in [-0.39, 0.29) is 40.0 Å². The molecule has 7 rings (SSSR count). The van der Waals surface area contributed by atoms with Crippen LogP contribution in [0.4, 0.5) is 37.6 Å². The second-order valence-corrected chi connectivity index (χ2v) is 9.73. The molecule has 7 N–H and O–H groups in total. The number of aromatic nitrogens is 4. The van der Waals surface area contributed by atoms with Gasteiger partial charge in [-0.05, 0) is 36.4 Å². The van der Waals surface area contributed by atoms with E-state index in [1.54, 1.807) is 42.5 Å². The number of nitriles is 1. The minimum atomic E-state index is -0.689. The summed E-state index contributed by atoms with van der Waals surface area (Å²) in [5, 5.41) is 26.8. The third-order valence-electron chi connectivity index (χ3n) is 6.78. The van der Waals surface area contributed by atoms with Crippen LogP contribution in [0.25, 0.3) is 11.0 Å². The number of amides is 2. The summed E-state index contributed by atoms with van der Waals surface area (Å²) < 4.78 is 28.1. The largest absolute Gasteiger partial charge is 0.384 e. The maximum atomic E-state index is 14.2. The molecular weight excluding hydrogens is 582 g/mol. The van der Waals surface area contributed by atoms with E-state index in [0.29, 0.717) is 46.6 Å². The Labute approximate surface area is 246 Å². The quantitative estimate of drug-likeness (QED) is 0.163. The highest BCUT2D eigenvalue weighted by molar-refractivity contribution is 6.30. The SMILES string of the molecule is N#Cc1cc(F)c(Nc2cccc3c2CNC3=O)nc1Cl.Nc1[nH]nc2nc(Nc3cccc4c3CNC4=O)c(F)cc12. The van der Waals surface area contributed by atoms with Gasteiger partial charge >= 0.3 is 0 Å². The number of benzene rings is 2. The second kappa shape index (κ2) is 10.9. The van der Waals surface area contributed by atoms with Crippen molar-refractivity contribution in [1.82, 2.24) is 30.8 Å². The third-order valence-corrected chi connectivity index (χ3v) is 7.07. The van der Waals surface area contributed by atoms with E-state index in [9.17, 15) is 18.4 Å². The zero-order valence-electron chi connectivity index (χ0n) is 21.8. The highest BCUT2D eigenvalue weighted by atomic mass is 35.5. The van der Waals surface area contributed by atoms with E-state index in [2.05, 4.69) is 41.4 Å². The summed E-state index contributed by atoms with van der Waals surface area (Å²) in [6.45, 7) is 0.763. The van der Waals surface area contributed by atoms with Crippen LogP contribution in [0.3, 0.4) is 0 Å². The molecule has 43 heavy (non-hydrogen) atoms. The van der Waals surface area contributed by atoms with Gasteiger partial charge in [0.1, 0.15) is 17.0 Å². The number of hydrogen-bond acceptors (Lipinski definition) is 9. The molecular formula is C28H19ClF2N10O2. The maximum Gasteiger partial charge on any atom is 0.251 e. The number of hydrogen-bond donors (Lipinski definition) is 6. The molecule has 2 aliphatic heterocycles. The number of aromatic amines is 1. The standard InChI is InChI=1S/C14H8ClFN4O.C14H11FN6O/c15-12-7(5-17)4-10(16)13(20-12)19-11-3-1-2-8-9(11)6-18-14(8)21;15-9-4-7-11(16)20-21-12(7)19-13(9)18-10-3-1-2-6-8(10)5-17-14(6)22/h1-4H,6H2,(H,18,21)(H,19,20);1-4H,5H2,(H,17,22)(H4,16,18,19,20,21). The first kappa shape index (κ1) is 27.4. The lowest BCUT2D eigenvalue weighted by atomic mass is 10.1. The van der Waals surface area contributed by atoms with Crippen molar-refractivity contribution >= 4 is 63.3 Å². The summed E-state index contributed by atoms with van der Waals surface area (Å²) in [6, 6.07) is 14.4. The number of anilines is 5. The fourth-order valence-corrected chi connectivity index (χ4v) is 4.83. The zero-order chi connectivity index (χ0) is 30.2. The molecule has 2 aromatic carbocycles. The van der Waals surface area contributed by atoms with Crippen LogP contribution in [0.2, 0.25) is 5.15 Å². The van der Waals surface area contributed by atoms with Crippen LogP contribution in [-0.4, -0.2) is 32.0 Å². The van der Waals surface area contributed by atoms with Gasteiger partial charge < -0.3 is 27.0 Å². The van der Waals surface area contributed by atoms with E-state index in [0.717, 1.165) is 17.2 Å². The van der Waals surface area contributed by atoms with Gasteiger partial charge in [0.05, 0.1) is 10.9 Å². The first-order chi connectivity index (χ1) is 20.7. The maximum absolute atomic E-state index is 14.2. The summed E-state index contributed by atoms with van der Waals surface area (Å²) >= 11 is 5.80. The third kappa shape index (κ3) is 5.09. The van der Waals surface area contributed by atoms with Crippen molar-refractivity contribution in [2.75, 3.05) is 16.4 Å². The van der Waals surface area contributed by atoms with Gasteiger partial charge in [0.2, 0.25) is 0 Å². The molecule has 15 heteroatoms. The number of rotatable bonds is 4. The Kier molecular flexibility index (Phi) is 6.92. The Morgan fingerprint density at radius 2 is 1.44 bits per heavy atom. The number of nitrogens with one attached hydrogen (secondary N) is 5. The molecule has 0 saturated heterocycles. The molecule has 0 bridgehead atoms. The topological polar surface area (TPSA) is 187 Å². The van der Waals surface area contributed by atoms with Gasteiger partial charge in [-0.1, -0.05) is 23.7 Å². The zero-order valence-corrected chi connectivity index (χ0v) is 22.6. The number of H-pyrrole nitrogens is 1. The normalized spacial score (nSPS) is 12.9. The summed E-state index contributed by atoms with van der Waals surface area (Å²) in [4.78, 5) is 31.2. The van der Waals surface area contributed by atoms with E-state index in [4.69, 9.17) is 22.6 Å². The van der Waals surface area contributed by atoms with Crippen molar-refractivity contribution < 1.29 is 18.4 Å². The summed E-state index contributed by atoms with van der Waals surface area (Å²) in [5.74, 6) is -1.33. The molecule has 0 saturated carbocycles. The molecule has 2 amide bonds. The predicted octanol–water partition coefficient (Wildman–Crippen LogP) is 4.40. The van der Waals surface area contributed by atoms with Crippen molar-refractivity contribution in [3.8, 4) is 6.07 Å². The van der Waals surface area contributed by atoms with Crippen LogP contribution in [-0.2, 0) is 13.1 Å². The average molecular weight is 601 g/mol. The molecule has 214 valence electrons. The molecule has 0 unspecified atom stereocenters. The molecule has 12 nitrogen and oxygen atoms in total. The fourth-order valence-electron chi connectivity index (χ4n) is 4.65. The molecule has 0 aliphatic carbocycles. The smallest absolute Gasteiger partial charge is 0.251 e. The minimum absolute atomic E-state index is 0.0325. The molecule has 0 spiro atoms. The molecule has 0 fully saturated rings. The molecule has 5 heterocycles. The molecule has 5 aromatic rings. The highest BCUT2D eigenvalue weighted by Gasteiger charge is 2.23. The van der Waals surface area contributed by atoms with Gasteiger partial charge in [-0.2, -0.15) is 10.4 Å². The van der Waals surface area contributed by atoms with Gasteiger partial charge in [-0.25, -0.2) is 18.7 Å². The van der Waals surface area contributed by atoms with Crippen molar-refractivity contribution in [3.05, 3.63) is 93.1 Å². The lowest BCUT2D eigenvalue weighted by Gasteiger charge is -2.10. The van der Waals surface area contributed by atoms with Gasteiger partial charge in [-0.15, -0.1) is 0 Å². The monoisotopic (exact) mass is 600 g/mol. The van der Waals surface area contributed by atoms with Crippen molar-refractivity contribution in [2.45, 2.75) is 13.1 Å². The predicted molar refractivity (Wildman–Crippen MR) is 154 cm³/mol. The lowest BCUT2D eigenvalue weighted by molar-refractivity contribution is 0.0957. The summed E-state index contributed by atoms with van der Waals surface area (Å²) in [5.41, 5.74) is 9.78. The molecule has 0 radical (unpaired) electrons. The van der Waals surface area contributed by atoms with Crippen LogP contribution in [0.1, 0.15) is 37.4 Å². The number of fused-ring (bicyclic) bond motifs is 3. The van der Waals surface area contributed by atoms with Crippen molar-refractivity contribution in [2.24, 2.45) is 0 Å². The van der Waals surface area contributed by atoms with Gasteiger partial charge in [-0.3, -0.25) is 14.7 Å². The summed E-state index contributed by atoms with van der Waals surface area (Å²) in [7, 11) is 0. The van der Waals surface area contributed by atoms with Crippen LogP contribution in [0, 0.1) is 23.0 Å². The van der Waals surface area contributed by atoms with Crippen molar-refractivity contribution in [3.63, 3.8) is 0 Å².